The number of nitrogens with one attached hydrogen (secondary N) is 1. The van der Waals surface area contributed by atoms with Crippen molar-refractivity contribution in [1.82, 2.24) is 10.2 Å². The van der Waals surface area contributed by atoms with Crippen molar-refractivity contribution in [2.75, 3.05) is 17.9 Å². The summed E-state index contributed by atoms with van der Waals surface area (Å²) in [5.74, 6) is -0.903. The van der Waals surface area contributed by atoms with Gasteiger partial charge in [0.15, 0.2) is 0 Å². The number of sulfonamides is 1. The summed E-state index contributed by atoms with van der Waals surface area (Å²) in [5, 5.41) is 3.42. The van der Waals surface area contributed by atoms with Crippen molar-refractivity contribution in [2.24, 2.45) is 0 Å². The standard InChI is InChI=1S/C27H29Cl2N3O4S/c1-4-25(27(34)30-3)31(17-20-9-5-6-11-24(20)29)26(33)18-32(22-10-7-8-19(2)16-22)37(35,36)23-14-12-21(28)13-15-23/h5-16,25H,4,17-18H2,1-3H3,(H,30,34). The van der Waals surface area contributed by atoms with Crippen LogP contribution in [0.3, 0.4) is 0 Å². The number of amides is 2. The third-order valence-electron chi connectivity index (χ3n) is 5.90. The molecule has 0 heterocycles. The SMILES string of the molecule is CCC(C(=O)NC)N(Cc1ccccc1Cl)C(=O)CN(c1cccc(C)c1)S(=O)(=O)c1ccc(Cl)cc1. The van der Waals surface area contributed by atoms with Crippen molar-refractivity contribution in [2.45, 2.75) is 37.8 Å². The molecule has 0 saturated heterocycles. The van der Waals surface area contributed by atoms with Crippen LogP contribution in [0.2, 0.25) is 10.0 Å². The van der Waals surface area contributed by atoms with Gasteiger partial charge in [0.05, 0.1) is 10.6 Å². The largest absolute Gasteiger partial charge is 0.357 e. The van der Waals surface area contributed by atoms with Gasteiger partial charge in [0, 0.05) is 23.6 Å². The number of halogens is 2. The first kappa shape index (κ1) is 28.5. The number of anilines is 1. The molecule has 0 aliphatic rings. The minimum atomic E-state index is -4.15. The van der Waals surface area contributed by atoms with E-state index in [1.54, 1.807) is 49.4 Å². The number of rotatable bonds is 10. The molecule has 0 aliphatic heterocycles. The van der Waals surface area contributed by atoms with Gasteiger partial charge >= 0.3 is 0 Å². The summed E-state index contributed by atoms with van der Waals surface area (Å²) in [4.78, 5) is 28.0. The highest BCUT2D eigenvalue weighted by atomic mass is 35.5. The lowest BCUT2D eigenvalue weighted by Crippen LogP contribution is -2.51. The van der Waals surface area contributed by atoms with Crippen LogP contribution in [-0.2, 0) is 26.2 Å². The molecule has 0 fully saturated rings. The highest BCUT2D eigenvalue weighted by molar-refractivity contribution is 7.92. The van der Waals surface area contributed by atoms with E-state index in [9.17, 15) is 18.0 Å². The zero-order valence-electron chi connectivity index (χ0n) is 20.8. The second kappa shape index (κ2) is 12.4. The van der Waals surface area contributed by atoms with Gasteiger partial charge in [0.1, 0.15) is 12.6 Å². The van der Waals surface area contributed by atoms with Gasteiger partial charge in [0.2, 0.25) is 11.8 Å². The summed E-state index contributed by atoms with van der Waals surface area (Å²) in [5.41, 5.74) is 1.79. The number of nitrogens with zero attached hydrogens (tertiary/aromatic N) is 2. The first-order chi connectivity index (χ1) is 17.6. The smallest absolute Gasteiger partial charge is 0.264 e. The highest BCUT2D eigenvalue weighted by Gasteiger charge is 2.33. The summed E-state index contributed by atoms with van der Waals surface area (Å²) in [7, 11) is -2.66. The van der Waals surface area contributed by atoms with E-state index in [-0.39, 0.29) is 17.3 Å². The molecule has 0 radical (unpaired) electrons. The Hall–Kier alpha value is -3.07. The summed E-state index contributed by atoms with van der Waals surface area (Å²) in [6.45, 7) is 3.13. The van der Waals surface area contributed by atoms with E-state index < -0.39 is 28.5 Å². The molecule has 10 heteroatoms. The predicted octanol–water partition coefficient (Wildman–Crippen LogP) is 5.05. The molecule has 37 heavy (non-hydrogen) atoms. The zero-order chi connectivity index (χ0) is 27.2. The van der Waals surface area contributed by atoms with Crippen LogP contribution in [0.5, 0.6) is 0 Å². The lowest BCUT2D eigenvalue weighted by molar-refractivity contribution is -0.140. The third-order valence-corrected chi connectivity index (χ3v) is 8.31. The van der Waals surface area contributed by atoms with E-state index in [1.165, 1.54) is 36.2 Å². The molecule has 0 saturated carbocycles. The minimum Gasteiger partial charge on any atom is -0.357 e. The van der Waals surface area contributed by atoms with Crippen LogP contribution in [0.1, 0.15) is 24.5 Å². The van der Waals surface area contributed by atoms with Gasteiger partial charge in [-0.25, -0.2) is 8.42 Å². The number of carbonyl (C=O) groups excluding carboxylic acids is 2. The fourth-order valence-electron chi connectivity index (χ4n) is 3.94. The quantitative estimate of drug-likeness (QED) is 0.375. The van der Waals surface area contributed by atoms with Crippen molar-refractivity contribution >= 4 is 50.7 Å². The van der Waals surface area contributed by atoms with Crippen LogP contribution in [0.15, 0.2) is 77.7 Å². The molecule has 3 rings (SSSR count). The van der Waals surface area contributed by atoms with Crippen LogP contribution >= 0.6 is 23.2 Å². The third kappa shape index (κ3) is 6.83. The van der Waals surface area contributed by atoms with E-state index in [2.05, 4.69) is 5.32 Å². The zero-order valence-corrected chi connectivity index (χ0v) is 23.1. The van der Waals surface area contributed by atoms with Crippen molar-refractivity contribution in [3.05, 3.63) is 94.0 Å². The molecule has 2 amide bonds. The molecule has 0 spiro atoms. The number of benzene rings is 3. The van der Waals surface area contributed by atoms with E-state index in [4.69, 9.17) is 23.2 Å². The van der Waals surface area contributed by atoms with Gasteiger partial charge in [-0.05, 0) is 66.9 Å². The van der Waals surface area contributed by atoms with Gasteiger partial charge in [0.25, 0.3) is 10.0 Å². The van der Waals surface area contributed by atoms with Crippen molar-refractivity contribution < 1.29 is 18.0 Å². The lowest BCUT2D eigenvalue weighted by Gasteiger charge is -2.33. The van der Waals surface area contributed by atoms with E-state index in [1.807, 2.05) is 13.0 Å². The van der Waals surface area contributed by atoms with Crippen molar-refractivity contribution in [3.8, 4) is 0 Å². The Labute approximate surface area is 228 Å². The van der Waals surface area contributed by atoms with Gasteiger partial charge < -0.3 is 10.2 Å². The van der Waals surface area contributed by atoms with E-state index in [0.29, 0.717) is 27.7 Å². The molecule has 0 bridgehead atoms. The Bertz CT molecular complexity index is 1360. The predicted molar refractivity (Wildman–Crippen MR) is 147 cm³/mol. The van der Waals surface area contributed by atoms with Crippen molar-refractivity contribution in [1.29, 1.82) is 0 Å². The Morgan fingerprint density at radius 3 is 2.24 bits per heavy atom. The molecular weight excluding hydrogens is 533 g/mol. The van der Waals surface area contributed by atoms with Gasteiger partial charge in [-0.2, -0.15) is 0 Å². The average Bonchev–Trinajstić information content (AvgIpc) is 2.88. The fourth-order valence-corrected chi connectivity index (χ4v) is 5.67. The molecular formula is C27H29Cl2N3O4S. The Morgan fingerprint density at radius 2 is 1.65 bits per heavy atom. The maximum Gasteiger partial charge on any atom is 0.264 e. The number of hydrogen-bond donors (Lipinski definition) is 1. The second-order valence-electron chi connectivity index (χ2n) is 8.46. The molecule has 1 unspecified atom stereocenters. The first-order valence-corrected chi connectivity index (χ1v) is 13.9. The molecule has 196 valence electrons. The number of likely N-dealkylation sites (N-methyl/N-ethyl adjacent to an activating group) is 1. The fraction of sp³-hybridized carbons (Fsp3) is 0.259. The molecule has 7 nitrogen and oxygen atoms in total. The second-order valence-corrected chi connectivity index (χ2v) is 11.2. The van der Waals surface area contributed by atoms with Crippen LogP contribution in [-0.4, -0.2) is 44.8 Å². The van der Waals surface area contributed by atoms with Crippen LogP contribution in [0.4, 0.5) is 5.69 Å². The molecule has 0 aromatic heterocycles. The number of aryl methyl sites for hydroxylation is 1. The summed E-state index contributed by atoms with van der Waals surface area (Å²) in [6.07, 6.45) is 0.324. The van der Waals surface area contributed by atoms with Gasteiger partial charge in [-0.15, -0.1) is 0 Å². The van der Waals surface area contributed by atoms with Crippen LogP contribution in [0, 0.1) is 6.92 Å². The topological polar surface area (TPSA) is 86.8 Å². The maximum absolute atomic E-state index is 13.9. The minimum absolute atomic E-state index is 0.0118. The summed E-state index contributed by atoms with van der Waals surface area (Å²) < 4.78 is 28.6. The molecule has 0 aliphatic carbocycles. The Kier molecular flexibility index (Phi) is 9.59. The molecule has 1 atom stereocenters. The van der Waals surface area contributed by atoms with E-state index >= 15 is 0 Å². The normalized spacial score (nSPS) is 12.0. The monoisotopic (exact) mass is 561 g/mol. The summed E-state index contributed by atoms with van der Waals surface area (Å²) >= 11 is 12.3. The lowest BCUT2D eigenvalue weighted by atomic mass is 10.1. The van der Waals surface area contributed by atoms with Crippen LogP contribution in [0.25, 0.3) is 0 Å². The van der Waals surface area contributed by atoms with Crippen molar-refractivity contribution in [3.63, 3.8) is 0 Å². The number of carbonyl (C=O) groups is 2. The summed E-state index contributed by atoms with van der Waals surface area (Å²) in [6, 6.07) is 18.8. The average molecular weight is 563 g/mol. The Morgan fingerprint density at radius 1 is 0.973 bits per heavy atom. The molecule has 3 aromatic rings. The molecule has 1 N–H and O–H groups in total. The molecule has 3 aromatic carbocycles. The van der Waals surface area contributed by atoms with E-state index in [0.717, 1.165) is 9.87 Å². The maximum atomic E-state index is 13.9. The van der Waals surface area contributed by atoms with Gasteiger partial charge in [-0.3, -0.25) is 13.9 Å². The highest BCUT2D eigenvalue weighted by Crippen LogP contribution is 2.27. The van der Waals surface area contributed by atoms with Crippen LogP contribution < -0.4 is 9.62 Å². The number of hydrogen-bond acceptors (Lipinski definition) is 4. The Balaban J connectivity index is 2.07. The van der Waals surface area contributed by atoms with Gasteiger partial charge in [-0.1, -0.05) is 60.5 Å². The first-order valence-electron chi connectivity index (χ1n) is 11.7.